The van der Waals surface area contributed by atoms with Crippen molar-refractivity contribution in [2.45, 2.75) is 13.8 Å². The Bertz CT molecular complexity index is 626. The van der Waals surface area contributed by atoms with Gasteiger partial charge in [-0.1, -0.05) is 17.7 Å². The second-order valence-electron chi connectivity index (χ2n) is 4.58. The number of carbonyl (C=O) groups is 1. The van der Waals surface area contributed by atoms with E-state index in [9.17, 15) is 4.79 Å². The summed E-state index contributed by atoms with van der Waals surface area (Å²) in [7, 11) is 0. The van der Waals surface area contributed by atoms with Crippen LogP contribution in [0.25, 0.3) is 0 Å². The minimum absolute atomic E-state index is 0.0118. The Morgan fingerprint density at radius 1 is 1.19 bits per heavy atom. The number of halogens is 1. The van der Waals surface area contributed by atoms with Crippen LogP contribution in [-0.2, 0) is 0 Å². The van der Waals surface area contributed by atoms with Crippen LogP contribution < -0.4 is 5.32 Å². The summed E-state index contributed by atoms with van der Waals surface area (Å²) >= 11 is 5.96. The molecule has 1 heterocycles. The first-order valence-corrected chi connectivity index (χ1v) is 7.28. The maximum absolute atomic E-state index is 12.3. The molecular formula is C16H18ClN3O. The number of benzene rings is 1. The van der Waals surface area contributed by atoms with Crippen molar-refractivity contribution in [3.63, 3.8) is 0 Å². The summed E-state index contributed by atoms with van der Waals surface area (Å²) in [4.78, 5) is 18.2. The van der Waals surface area contributed by atoms with Gasteiger partial charge in [0.05, 0.1) is 17.4 Å². The molecule has 21 heavy (non-hydrogen) atoms. The van der Waals surface area contributed by atoms with E-state index < -0.39 is 0 Å². The van der Waals surface area contributed by atoms with E-state index in [0.717, 1.165) is 11.4 Å². The van der Waals surface area contributed by atoms with Crippen LogP contribution >= 0.6 is 11.6 Å². The lowest BCUT2D eigenvalue weighted by Crippen LogP contribution is -2.30. The molecule has 1 aromatic heterocycles. The minimum atomic E-state index is -0.0118. The van der Waals surface area contributed by atoms with Gasteiger partial charge in [-0.05, 0) is 38.1 Å². The molecule has 1 aromatic carbocycles. The molecule has 110 valence electrons. The molecule has 0 saturated heterocycles. The molecule has 0 saturated carbocycles. The van der Waals surface area contributed by atoms with Gasteiger partial charge in [0.25, 0.3) is 5.91 Å². The highest BCUT2D eigenvalue weighted by molar-refractivity contribution is 6.30. The number of rotatable bonds is 5. The van der Waals surface area contributed by atoms with Crippen molar-refractivity contribution >= 4 is 28.9 Å². The number of carbonyl (C=O) groups excluding carboxylic acids is 1. The standard InChI is InChI=1S/C16H18ClN3O/c1-3-20(4-2)16(21)12-8-15(11-18-10-12)19-14-7-5-6-13(17)9-14/h5-11,19H,3-4H2,1-2H3. The molecule has 5 heteroatoms. The minimum Gasteiger partial charge on any atom is -0.354 e. The van der Waals surface area contributed by atoms with Crippen molar-refractivity contribution < 1.29 is 4.79 Å². The zero-order chi connectivity index (χ0) is 15.2. The first-order chi connectivity index (χ1) is 10.1. The highest BCUT2D eigenvalue weighted by atomic mass is 35.5. The summed E-state index contributed by atoms with van der Waals surface area (Å²) in [6.07, 6.45) is 3.27. The maximum atomic E-state index is 12.3. The molecule has 0 aliphatic rings. The Kier molecular flexibility index (Phi) is 5.17. The Hall–Kier alpha value is -2.07. The molecule has 0 atom stereocenters. The maximum Gasteiger partial charge on any atom is 0.255 e. The van der Waals surface area contributed by atoms with Gasteiger partial charge in [-0.25, -0.2) is 0 Å². The van der Waals surface area contributed by atoms with Gasteiger partial charge in [0.15, 0.2) is 0 Å². The topological polar surface area (TPSA) is 45.2 Å². The van der Waals surface area contributed by atoms with Gasteiger partial charge in [0.1, 0.15) is 0 Å². The van der Waals surface area contributed by atoms with Crippen molar-refractivity contribution in [1.82, 2.24) is 9.88 Å². The van der Waals surface area contributed by atoms with Crippen LogP contribution in [0.1, 0.15) is 24.2 Å². The number of nitrogens with zero attached hydrogens (tertiary/aromatic N) is 2. The normalized spacial score (nSPS) is 10.2. The summed E-state index contributed by atoms with van der Waals surface area (Å²) in [5, 5.41) is 3.85. The van der Waals surface area contributed by atoms with E-state index in [4.69, 9.17) is 11.6 Å². The van der Waals surface area contributed by atoms with Crippen LogP contribution in [0, 0.1) is 0 Å². The van der Waals surface area contributed by atoms with E-state index in [1.54, 1.807) is 23.4 Å². The summed E-state index contributed by atoms with van der Waals surface area (Å²) < 4.78 is 0. The fraction of sp³-hybridized carbons (Fsp3) is 0.250. The lowest BCUT2D eigenvalue weighted by atomic mass is 10.2. The number of pyridine rings is 1. The van der Waals surface area contributed by atoms with Gasteiger partial charge in [-0.15, -0.1) is 0 Å². The lowest BCUT2D eigenvalue weighted by molar-refractivity contribution is 0.0772. The number of hydrogen-bond donors (Lipinski definition) is 1. The quantitative estimate of drug-likeness (QED) is 0.909. The summed E-state index contributed by atoms with van der Waals surface area (Å²) in [6.45, 7) is 5.29. The monoisotopic (exact) mass is 303 g/mol. The van der Waals surface area contributed by atoms with Crippen LogP contribution in [-0.4, -0.2) is 28.9 Å². The molecule has 0 aliphatic heterocycles. The number of amides is 1. The van der Waals surface area contributed by atoms with E-state index in [1.807, 2.05) is 38.1 Å². The van der Waals surface area contributed by atoms with Crippen molar-refractivity contribution in [1.29, 1.82) is 0 Å². The highest BCUT2D eigenvalue weighted by Gasteiger charge is 2.13. The van der Waals surface area contributed by atoms with Gasteiger partial charge in [0.2, 0.25) is 0 Å². The summed E-state index contributed by atoms with van der Waals surface area (Å²) in [5.41, 5.74) is 2.19. The van der Waals surface area contributed by atoms with Crippen molar-refractivity contribution in [2.24, 2.45) is 0 Å². The third kappa shape index (κ3) is 3.95. The van der Waals surface area contributed by atoms with E-state index in [-0.39, 0.29) is 5.91 Å². The second-order valence-corrected chi connectivity index (χ2v) is 5.01. The Labute approximate surface area is 129 Å². The Morgan fingerprint density at radius 2 is 1.95 bits per heavy atom. The summed E-state index contributed by atoms with van der Waals surface area (Å²) in [6, 6.07) is 9.20. The van der Waals surface area contributed by atoms with Gasteiger partial charge < -0.3 is 10.2 Å². The van der Waals surface area contributed by atoms with E-state index in [2.05, 4.69) is 10.3 Å². The zero-order valence-corrected chi connectivity index (χ0v) is 12.9. The van der Waals surface area contributed by atoms with E-state index >= 15 is 0 Å². The third-order valence-electron chi connectivity index (χ3n) is 3.15. The molecule has 2 rings (SSSR count). The van der Waals surface area contributed by atoms with Gasteiger partial charge in [-0.3, -0.25) is 9.78 Å². The van der Waals surface area contributed by atoms with Crippen LogP contribution in [0.4, 0.5) is 11.4 Å². The molecule has 0 spiro atoms. The molecule has 1 N–H and O–H groups in total. The zero-order valence-electron chi connectivity index (χ0n) is 12.1. The van der Waals surface area contributed by atoms with Gasteiger partial charge in [-0.2, -0.15) is 0 Å². The van der Waals surface area contributed by atoms with Crippen LogP contribution in [0.3, 0.4) is 0 Å². The lowest BCUT2D eigenvalue weighted by Gasteiger charge is -2.18. The number of nitrogens with one attached hydrogen (secondary N) is 1. The largest absolute Gasteiger partial charge is 0.354 e. The first-order valence-electron chi connectivity index (χ1n) is 6.91. The average Bonchev–Trinajstić information content (AvgIpc) is 2.48. The Balaban J connectivity index is 2.20. The molecule has 0 fully saturated rings. The smallest absolute Gasteiger partial charge is 0.255 e. The molecule has 1 amide bonds. The fourth-order valence-corrected chi connectivity index (χ4v) is 2.24. The van der Waals surface area contributed by atoms with Crippen molar-refractivity contribution in [3.05, 3.63) is 53.3 Å². The number of hydrogen-bond acceptors (Lipinski definition) is 3. The molecule has 0 bridgehead atoms. The molecule has 0 radical (unpaired) electrons. The van der Waals surface area contributed by atoms with Crippen LogP contribution in [0.2, 0.25) is 5.02 Å². The molecule has 4 nitrogen and oxygen atoms in total. The van der Waals surface area contributed by atoms with E-state index in [0.29, 0.717) is 23.7 Å². The molecule has 0 aliphatic carbocycles. The van der Waals surface area contributed by atoms with Gasteiger partial charge in [0, 0.05) is 30.0 Å². The second kappa shape index (κ2) is 7.09. The predicted octanol–water partition coefficient (Wildman–Crippen LogP) is 3.96. The summed E-state index contributed by atoms with van der Waals surface area (Å²) in [5.74, 6) is -0.0118. The molecule has 2 aromatic rings. The first kappa shape index (κ1) is 15.3. The van der Waals surface area contributed by atoms with Gasteiger partial charge >= 0.3 is 0 Å². The van der Waals surface area contributed by atoms with Crippen molar-refractivity contribution in [2.75, 3.05) is 18.4 Å². The average molecular weight is 304 g/mol. The fourth-order valence-electron chi connectivity index (χ4n) is 2.05. The van der Waals surface area contributed by atoms with Crippen LogP contribution in [0.5, 0.6) is 0 Å². The molecular weight excluding hydrogens is 286 g/mol. The van der Waals surface area contributed by atoms with E-state index in [1.165, 1.54) is 0 Å². The van der Waals surface area contributed by atoms with Crippen LogP contribution in [0.15, 0.2) is 42.7 Å². The SMILES string of the molecule is CCN(CC)C(=O)c1cncc(Nc2cccc(Cl)c2)c1. The third-order valence-corrected chi connectivity index (χ3v) is 3.38. The number of aromatic nitrogens is 1. The Morgan fingerprint density at radius 3 is 2.62 bits per heavy atom. The number of anilines is 2. The highest BCUT2D eigenvalue weighted by Crippen LogP contribution is 2.20. The predicted molar refractivity (Wildman–Crippen MR) is 86.2 cm³/mol. The van der Waals surface area contributed by atoms with Crippen molar-refractivity contribution in [3.8, 4) is 0 Å². The molecule has 0 unspecified atom stereocenters.